The summed E-state index contributed by atoms with van der Waals surface area (Å²) in [7, 11) is 0. The number of hydrogen-bond acceptors (Lipinski definition) is 4. The van der Waals surface area contributed by atoms with Crippen LogP contribution in [0.3, 0.4) is 0 Å². The lowest BCUT2D eigenvalue weighted by molar-refractivity contribution is 0.0729. The Labute approximate surface area is 224 Å². The highest BCUT2D eigenvalue weighted by Crippen LogP contribution is 2.34. The maximum atomic E-state index is 14.1. The zero-order chi connectivity index (χ0) is 25.8. The summed E-state index contributed by atoms with van der Waals surface area (Å²) in [4.78, 5) is 16.0. The molecule has 0 saturated heterocycles. The molecule has 5 rings (SSSR count). The van der Waals surface area contributed by atoms with Gasteiger partial charge in [0.25, 0.3) is 5.91 Å². The van der Waals surface area contributed by atoms with E-state index in [-0.39, 0.29) is 12.5 Å². The predicted molar refractivity (Wildman–Crippen MR) is 148 cm³/mol. The molecule has 184 valence electrons. The summed E-state index contributed by atoms with van der Waals surface area (Å²) in [5, 5.41) is 11.7. The molecule has 5 aromatic rings. The number of fused-ring (bicyclic) bond motifs is 2. The molecule has 0 aliphatic rings. The number of nitriles is 1. The Hall–Kier alpha value is -4.08. The standard InChI is InChI=1S/C31H25BrN2O3/c1-2-26-29(25-10-6-7-11-27(25)37-26)31(35)34(19-21-8-4-3-5-9-21)20-22-12-14-24-23(18-22)13-15-28(30(24)32)36-17-16-33/h3-15,18H,2,17,19-20H2,1H3. The second-order valence-electron chi connectivity index (χ2n) is 8.78. The van der Waals surface area contributed by atoms with Crippen LogP contribution in [0.1, 0.15) is 34.2 Å². The van der Waals surface area contributed by atoms with Gasteiger partial charge in [0.15, 0.2) is 6.61 Å². The van der Waals surface area contributed by atoms with E-state index in [0.29, 0.717) is 36.6 Å². The molecule has 0 fully saturated rings. The average molecular weight is 553 g/mol. The third-order valence-corrected chi connectivity index (χ3v) is 7.17. The SMILES string of the molecule is CCc1oc2ccccc2c1C(=O)N(Cc1ccccc1)Cc1ccc2c(Br)c(OCC#N)ccc2c1. The van der Waals surface area contributed by atoms with E-state index in [2.05, 4.69) is 22.0 Å². The van der Waals surface area contributed by atoms with Crippen molar-refractivity contribution in [3.05, 3.63) is 112 Å². The highest BCUT2D eigenvalue weighted by atomic mass is 79.9. The Kier molecular flexibility index (Phi) is 7.25. The number of carbonyl (C=O) groups excluding carboxylic acids is 1. The molecule has 0 bridgehead atoms. The lowest BCUT2D eigenvalue weighted by Crippen LogP contribution is -2.30. The minimum absolute atomic E-state index is 0.0127. The molecule has 0 unspecified atom stereocenters. The predicted octanol–water partition coefficient (Wildman–Crippen LogP) is 7.66. The van der Waals surface area contributed by atoms with E-state index in [1.165, 1.54) is 0 Å². The van der Waals surface area contributed by atoms with Crippen LogP contribution in [0, 0.1) is 11.3 Å². The molecule has 1 heterocycles. The minimum atomic E-state index is -0.0489. The Morgan fingerprint density at radius 3 is 2.49 bits per heavy atom. The Balaban J connectivity index is 1.52. The third kappa shape index (κ3) is 5.09. The molecule has 5 nitrogen and oxygen atoms in total. The van der Waals surface area contributed by atoms with Gasteiger partial charge < -0.3 is 14.1 Å². The number of nitrogens with zero attached hydrogens (tertiary/aromatic N) is 2. The molecule has 0 radical (unpaired) electrons. The first-order valence-corrected chi connectivity index (χ1v) is 12.9. The molecule has 0 spiro atoms. The van der Waals surface area contributed by atoms with Crippen molar-refractivity contribution in [2.75, 3.05) is 6.61 Å². The first kappa shape index (κ1) is 24.6. The second-order valence-corrected chi connectivity index (χ2v) is 9.57. The zero-order valence-electron chi connectivity index (χ0n) is 20.4. The number of aryl methyl sites for hydroxylation is 1. The van der Waals surface area contributed by atoms with Gasteiger partial charge in [0.1, 0.15) is 23.2 Å². The van der Waals surface area contributed by atoms with Gasteiger partial charge in [0.2, 0.25) is 0 Å². The van der Waals surface area contributed by atoms with Crippen molar-refractivity contribution in [1.29, 1.82) is 5.26 Å². The van der Waals surface area contributed by atoms with Crippen LogP contribution in [0.15, 0.2) is 93.8 Å². The van der Waals surface area contributed by atoms with Gasteiger partial charge in [-0.25, -0.2) is 0 Å². The number of furan rings is 1. The highest BCUT2D eigenvalue weighted by molar-refractivity contribution is 9.10. The van der Waals surface area contributed by atoms with Gasteiger partial charge >= 0.3 is 0 Å². The van der Waals surface area contributed by atoms with E-state index in [4.69, 9.17) is 14.4 Å². The molecule has 1 amide bonds. The summed E-state index contributed by atoms with van der Waals surface area (Å²) >= 11 is 3.61. The first-order valence-electron chi connectivity index (χ1n) is 12.1. The largest absolute Gasteiger partial charge is 0.478 e. The number of amides is 1. The average Bonchev–Trinajstić information content (AvgIpc) is 3.31. The molecule has 0 aliphatic carbocycles. The normalized spacial score (nSPS) is 10.9. The molecular formula is C31H25BrN2O3. The van der Waals surface area contributed by atoms with Crippen molar-refractivity contribution >= 4 is 43.6 Å². The molecule has 0 aliphatic heterocycles. The van der Waals surface area contributed by atoms with Crippen molar-refractivity contribution in [3.63, 3.8) is 0 Å². The number of para-hydroxylation sites is 1. The number of ether oxygens (including phenoxy) is 1. The van der Waals surface area contributed by atoms with E-state index >= 15 is 0 Å². The topological polar surface area (TPSA) is 66.5 Å². The molecule has 1 aromatic heterocycles. The van der Waals surface area contributed by atoms with Crippen LogP contribution in [-0.4, -0.2) is 17.4 Å². The molecule has 0 atom stereocenters. The van der Waals surface area contributed by atoms with Gasteiger partial charge in [-0.3, -0.25) is 4.79 Å². The summed E-state index contributed by atoms with van der Waals surface area (Å²) in [5.41, 5.74) is 3.44. The number of hydrogen-bond donors (Lipinski definition) is 0. The van der Waals surface area contributed by atoms with Crippen molar-refractivity contribution in [2.45, 2.75) is 26.4 Å². The Bertz CT molecular complexity index is 1620. The van der Waals surface area contributed by atoms with Crippen LogP contribution in [0.25, 0.3) is 21.7 Å². The number of carbonyl (C=O) groups is 1. The van der Waals surface area contributed by atoms with Crippen molar-refractivity contribution in [3.8, 4) is 11.8 Å². The summed E-state index contributed by atoms with van der Waals surface area (Å²) in [5.74, 6) is 1.28. The summed E-state index contributed by atoms with van der Waals surface area (Å²) in [6.45, 7) is 2.91. The van der Waals surface area contributed by atoms with E-state index in [9.17, 15) is 4.79 Å². The number of halogens is 1. The maximum absolute atomic E-state index is 14.1. The van der Waals surface area contributed by atoms with Crippen LogP contribution in [0.4, 0.5) is 0 Å². The minimum Gasteiger partial charge on any atom is -0.478 e. The van der Waals surface area contributed by atoms with Gasteiger partial charge in [-0.05, 0) is 56.0 Å². The van der Waals surface area contributed by atoms with Gasteiger partial charge in [-0.15, -0.1) is 0 Å². The molecule has 0 saturated carbocycles. The van der Waals surface area contributed by atoms with Crippen molar-refractivity contribution in [1.82, 2.24) is 4.90 Å². The molecule has 4 aromatic carbocycles. The van der Waals surface area contributed by atoms with Crippen LogP contribution < -0.4 is 4.74 Å². The summed E-state index contributed by atoms with van der Waals surface area (Å²) in [6, 6.07) is 29.7. The maximum Gasteiger partial charge on any atom is 0.258 e. The fourth-order valence-electron chi connectivity index (χ4n) is 4.60. The van der Waals surface area contributed by atoms with Crippen molar-refractivity contribution in [2.24, 2.45) is 0 Å². The molecule has 0 N–H and O–H groups in total. The van der Waals surface area contributed by atoms with E-state index in [1.54, 1.807) is 0 Å². The Morgan fingerprint density at radius 2 is 1.70 bits per heavy atom. The van der Waals surface area contributed by atoms with Crippen LogP contribution in [-0.2, 0) is 19.5 Å². The van der Waals surface area contributed by atoms with E-state index in [1.807, 2.05) is 96.8 Å². The van der Waals surface area contributed by atoms with Gasteiger partial charge in [0, 0.05) is 24.9 Å². The quantitative estimate of drug-likeness (QED) is 0.198. The zero-order valence-corrected chi connectivity index (χ0v) is 22.0. The fourth-order valence-corrected chi connectivity index (χ4v) is 5.21. The highest BCUT2D eigenvalue weighted by Gasteiger charge is 2.25. The smallest absolute Gasteiger partial charge is 0.258 e. The first-order chi connectivity index (χ1) is 18.1. The van der Waals surface area contributed by atoms with E-state index < -0.39 is 0 Å². The molecular weight excluding hydrogens is 528 g/mol. The lowest BCUT2D eigenvalue weighted by atomic mass is 10.0. The summed E-state index contributed by atoms with van der Waals surface area (Å²) in [6.07, 6.45) is 0.634. The van der Waals surface area contributed by atoms with E-state index in [0.717, 1.165) is 37.3 Å². The lowest BCUT2D eigenvalue weighted by Gasteiger charge is -2.24. The third-order valence-electron chi connectivity index (χ3n) is 6.36. The monoisotopic (exact) mass is 552 g/mol. The van der Waals surface area contributed by atoms with Crippen LogP contribution in [0.2, 0.25) is 0 Å². The number of benzene rings is 4. The van der Waals surface area contributed by atoms with Crippen molar-refractivity contribution < 1.29 is 13.9 Å². The van der Waals surface area contributed by atoms with Crippen LogP contribution in [0.5, 0.6) is 5.75 Å². The van der Waals surface area contributed by atoms with Gasteiger partial charge in [-0.2, -0.15) is 5.26 Å². The fraction of sp³-hybridized carbons (Fsp3) is 0.161. The number of rotatable bonds is 8. The Morgan fingerprint density at radius 1 is 0.946 bits per heavy atom. The van der Waals surface area contributed by atoms with Gasteiger partial charge in [-0.1, -0.05) is 73.7 Å². The van der Waals surface area contributed by atoms with Crippen LogP contribution >= 0.6 is 15.9 Å². The summed E-state index contributed by atoms with van der Waals surface area (Å²) < 4.78 is 12.4. The second kappa shape index (κ2) is 10.9. The molecule has 37 heavy (non-hydrogen) atoms. The van der Waals surface area contributed by atoms with Gasteiger partial charge in [0.05, 0.1) is 10.0 Å². The molecule has 6 heteroatoms.